The molecular formula is C49H57NO6SSi. The molecule has 4 aromatic carbocycles. The third-order valence-corrected chi connectivity index (χ3v) is 17.1. The molecule has 0 bridgehead atoms. The molecule has 1 unspecified atom stereocenters. The molecule has 0 spiro atoms. The van der Waals surface area contributed by atoms with Crippen LogP contribution in [0.15, 0.2) is 133 Å². The summed E-state index contributed by atoms with van der Waals surface area (Å²) in [5.74, 6) is 0.500. The Morgan fingerprint density at radius 2 is 1.52 bits per heavy atom. The van der Waals surface area contributed by atoms with E-state index in [9.17, 15) is 9.59 Å². The Hall–Kier alpha value is -4.80. The fourth-order valence-corrected chi connectivity index (χ4v) is 13.6. The van der Waals surface area contributed by atoms with Crippen molar-refractivity contribution in [2.45, 2.75) is 96.1 Å². The van der Waals surface area contributed by atoms with Gasteiger partial charge < -0.3 is 23.5 Å². The van der Waals surface area contributed by atoms with Gasteiger partial charge in [-0.2, -0.15) is 0 Å². The van der Waals surface area contributed by atoms with E-state index in [1.807, 2.05) is 47.4 Å². The summed E-state index contributed by atoms with van der Waals surface area (Å²) < 4.78 is 24.5. The van der Waals surface area contributed by atoms with Gasteiger partial charge in [0, 0.05) is 10.6 Å². The number of carbonyl (C=O) groups excluding carboxylic acids is 2. The number of allylic oxidation sites excluding steroid dienone is 1. The Morgan fingerprint density at radius 1 is 0.862 bits per heavy atom. The Bertz CT molecular complexity index is 2050. The highest BCUT2D eigenvalue weighted by Crippen LogP contribution is 2.41. The molecule has 5 aromatic rings. The predicted octanol–water partition coefficient (Wildman–Crippen LogP) is 10.2. The molecule has 9 heteroatoms. The highest BCUT2D eigenvalue weighted by Gasteiger charge is 2.54. The minimum absolute atomic E-state index is 0.0182. The van der Waals surface area contributed by atoms with Crippen molar-refractivity contribution in [1.82, 2.24) is 0 Å². The van der Waals surface area contributed by atoms with Crippen LogP contribution in [-0.4, -0.2) is 46.6 Å². The van der Waals surface area contributed by atoms with Crippen LogP contribution in [0.4, 0.5) is 5.69 Å². The second-order valence-electron chi connectivity index (χ2n) is 15.9. The summed E-state index contributed by atoms with van der Waals surface area (Å²) in [6.45, 7) is 9.50. The molecule has 0 aliphatic carbocycles. The third-order valence-electron chi connectivity index (χ3n) is 11.0. The van der Waals surface area contributed by atoms with Gasteiger partial charge in [0.25, 0.3) is 8.32 Å². The van der Waals surface area contributed by atoms with Crippen LogP contribution in [0.25, 0.3) is 0 Å². The van der Waals surface area contributed by atoms with Crippen LogP contribution in [0.3, 0.4) is 0 Å². The van der Waals surface area contributed by atoms with Crippen LogP contribution in [0.2, 0.25) is 5.04 Å². The molecule has 1 aromatic heterocycles. The Morgan fingerprint density at radius 3 is 2.10 bits per heavy atom. The number of esters is 1. The van der Waals surface area contributed by atoms with Gasteiger partial charge in [-0.05, 0) is 75.8 Å². The van der Waals surface area contributed by atoms with E-state index in [2.05, 4.69) is 113 Å². The molecule has 7 nitrogen and oxygen atoms in total. The molecule has 2 heterocycles. The average molecular weight is 816 g/mol. The average Bonchev–Trinajstić information content (AvgIpc) is 3.84. The number of benzene rings is 4. The van der Waals surface area contributed by atoms with Gasteiger partial charge in [0.1, 0.15) is 10.6 Å². The van der Waals surface area contributed by atoms with Crippen molar-refractivity contribution in [1.29, 1.82) is 0 Å². The number of carbonyl (C=O) groups is 2. The first kappa shape index (κ1) is 42.8. The lowest BCUT2D eigenvalue weighted by Gasteiger charge is -2.45. The van der Waals surface area contributed by atoms with Gasteiger partial charge in [-0.25, -0.2) is 4.79 Å². The first-order chi connectivity index (χ1) is 28.1. The number of amides is 1. The van der Waals surface area contributed by atoms with E-state index >= 15 is 0 Å². The van der Waals surface area contributed by atoms with Crippen LogP contribution in [0.5, 0.6) is 5.75 Å². The van der Waals surface area contributed by atoms with Gasteiger partial charge in [-0.1, -0.05) is 144 Å². The first-order valence-corrected chi connectivity index (χ1v) is 23.1. The van der Waals surface area contributed by atoms with Crippen molar-refractivity contribution >= 4 is 47.6 Å². The monoisotopic (exact) mass is 815 g/mol. The zero-order valence-electron chi connectivity index (χ0n) is 34.7. The molecule has 1 aliphatic heterocycles. The summed E-state index contributed by atoms with van der Waals surface area (Å²) in [6.07, 6.45) is 8.83. The van der Waals surface area contributed by atoms with Crippen molar-refractivity contribution in [2.75, 3.05) is 19.1 Å². The maximum atomic E-state index is 14.4. The second kappa shape index (κ2) is 19.8. The third kappa shape index (κ3) is 9.89. The van der Waals surface area contributed by atoms with Gasteiger partial charge in [0.2, 0.25) is 5.91 Å². The lowest BCUT2D eigenvalue weighted by atomic mass is 10.0. The number of hydrogen-bond donors (Lipinski definition) is 0. The van der Waals surface area contributed by atoms with Gasteiger partial charge >= 0.3 is 5.97 Å². The summed E-state index contributed by atoms with van der Waals surface area (Å²) >= 11 is 1.42. The number of anilines is 1. The SMILES string of the molecule is CCCCCC(OCc1ccc(OC)cc1)c1ccc(N2C(=O)C[C@@H](O[Si](c3ccccc3)(c3ccccc3)C(C)(C)C)[C@@H]2/C=C/Cc2ccc(C(=O)OC)s2)cc1. The summed E-state index contributed by atoms with van der Waals surface area (Å²) in [6, 6.07) is 40.9. The zero-order valence-corrected chi connectivity index (χ0v) is 36.5. The number of unbranched alkanes of at least 4 members (excludes halogenated alkanes) is 2. The normalized spacial score (nSPS) is 16.5. The smallest absolute Gasteiger partial charge is 0.348 e. The van der Waals surface area contributed by atoms with E-state index in [-0.39, 0.29) is 35.5 Å². The molecule has 3 atom stereocenters. The summed E-state index contributed by atoms with van der Waals surface area (Å²) in [5.41, 5.74) is 3.00. The summed E-state index contributed by atoms with van der Waals surface area (Å²) in [7, 11) is 0.0670. The largest absolute Gasteiger partial charge is 0.497 e. The molecule has 0 N–H and O–H groups in total. The van der Waals surface area contributed by atoms with Gasteiger partial charge in [0.05, 0.1) is 45.5 Å². The molecule has 58 heavy (non-hydrogen) atoms. The molecule has 1 aliphatic rings. The van der Waals surface area contributed by atoms with Crippen molar-refractivity contribution in [3.63, 3.8) is 0 Å². The van der Waals surface area contributed by atoms with Crippen LogP contribution in [0.1, 0.15) is 91.6 Å². The second-order valence-corrected chi connectivity index (χ2v) is 21.3. The standard InChI is InChI=1S/C49H57NO6SSi/c1-7-8-11-23-44(55-35-36-24-30-39(53-5)31-25-36)37-26-28-38(29-27-37)50-43(22-16-17-40-32-33-46(57-40)48(52)54-6)45(34-47(50)51)56-58(49(2,3)4,41-18-12-9-13-19-41)42-20-14-10-15-21-42/h9-10,12-16,18-22,24-33,43-45H,7-8,11,17,23,34-35H2,1-6H3/b22-16+/t43-,44?,45+/m0/s1. The van der Waals surface area contributed by atoms with E-state index in [1.165, 1.54) is 28.8 Å². The number of ether oxygens (including phenoxy) is 3. The summed E-state index contributed by atoms with van der Waals surface area (Å²) in [5, 5.41) is 2.08. The predicted molar refractivity (Wildman–Crippen MR) is 238 cm³/mol. The van der Waals surface area contributed by atoms with Crippen molar-refractivity contribution in [3.05, 3.63) is 154 Å². The number of methoxy groups -OCH3 is 2. The van der Waals surface area contributed by atoms with Crippen molar-refractivity contribution in [2.24, 2.45) is 0 Å². The van der Waals surface area contributed by atoms with E-state index in [0.29, 0.717) is 17.9 Å². The highest BCUT2D eigenvalue weighted by molar-refractivity contribution is 7.14. The van der Waals surface area contributed by atoms with Crippen molar-refractivity contribution < 1.29 is 28.2 Å². The molecule has 0 radical (unpaired) electrons. The molecular weight excluding hydrogens is 759 g/mol. The fourth-order valence-electron chi connectivity index (χ4n) is 8.00. The first-order valence-electron chi connectivity index (χ1n) is 20.4. The van der Waals surface area contributed by atoms with Gasteiger partial charge in [0.15, 0.2) is 0 Å². The molecule has 1 saturated heterocycles. The maximum Gasteiger partial charge on any atom is 0.348 e. The number of thiophene rings is 1. The zero-order chi connectivity index (χ0) is 41.1. The Kier molecular flexibility index (Phi) is 14.6. The lowest BCUT2D eigenvalue weighted by molar-refractivity contribution is -0.117. The molecule has 1 fully saturated rings. The fraction of sp³-hybridized carbons (Fsp3) is 0.347. The number of hydrogen-bond acceptors (Lipinski definition) is 7. The lowest BCUT2D eigenvalue weighted by Crippen LogP contribution is -2.68. The Labute approximate surface area is 349 Å². The van der Waals surface area contributed by atoms with E-state index < -0.39 is 14.4 Å². The van der Waals surface area contributed by atoms with E-state index in [4.69, 9.17) is 18.6 Å². The van der Waals surface area contributed by atoms with Crippen LogP contribution in [0, 0.1) is 0 Å². The van der Waals surface area contributed by atoms with Crippen LogP contribution < -0.4 is 20.0 Å². The van der Waals surface area contributed by atoms with Crippen LogP contribution in [-0.2, 0) is 31.7 Å². The van der Waals surface area contributed by atoms with Gasteiger partial charge in [-0.15, -0.1) is 11.3 Å². The van der Waals surface area contributed by atoms with E-state index in [0.717, 1.165) is 53.1 Å². The van der Waals surface area contributed by atoms with E-state index in [1.54, 1.807) is 13.2 Å². The topological polar surface area (TPSA) is 74.3 Å². The highest BCUT2D eigenvalue weighted by atomic mass is 32.1. The number of nitrogens with zero attached hydrogens (tertiary/aromatic N) is 1. The minimum Gasteiger partial charge on any atom is -0.497 e. The minimum atomic E-state index is -3.00. The summed E-state index contributed by atoms with van der Waals surface area (Å²) in [4.78, 5) is 30.1. The quantitative estimate of drug-likeness (QED) is 0.0380. The van der Waals surface area contributed by atoms with Gasteiger partial charge in [-0.3, -0.25) is 4.79 Å². The van der Waals surface area contributed by atoms with Crippen molar-refractivity contribution in [3.8, 4) is 5.75 Å². The number of rotatable bonds is 18. The Balaban J connectivity index is 1.34. The van der Waals surface area contributed by atoms with Crippen LogP contribution >= 0.6 is 11.3 Å². The molecule has 0 saturated carbocycles. The molecule has 6 rings (SSSR count). The molecule has 304 valence electrons. The molecule has 1 amide bonds. The maximum absolute atomic E-state index is 14.4.